The van der Waals surface area contributed by atoms with Crippen LogP contribution in [0.4, 0.5) is 0 Å². The van der Waals surface area contributed by atoms with Crippen LogP contribution in [0.5, 0.6) is 5.75 Å². The maximum absolute atomic E-state index is 11.9. The number of hydrogen-bond donors (Lipinski definition) is 1. The predicted molar refractivity (Wildman–Crippen MR) is 79.8 cm³/mol. The van der Waals surface area contributed by atoms with Crippen molar-refractivity contribution in [2.45, 2.75) is 13.3 Å². The van der Waals surface area contributed by atoms with E-state index in [0.717, 1.165) is 0 Å². The summed E-state index contributed by atoms with van der Waals surface area (Å²) >= 11 is 0. The van der Waals surface area contributed by atoms with E-state index >= 15 is 0 Å². The van der Waals surface area contributed by atoms with Crippen LogP contribution < -0.4 is 4.74 Å². The number of ether oxygens (including phenoxy) is 2. The highest BCUT2D eigenvalue weighted by Gasteiger charge is 2.17. The number of hydrogen-bond acceptors (Lipinski definition) is 6. The van der Waals surface area contributed by atoms with E-state index in [1.165, 1.54) is 38.3 Å². The summed E-state index contributed by atoms with van der Waals surface area (Å²) in [4.78, 5) is 34.5. The fourth-order valence-electron chi connectivity index (χ4n) is 1.69. The highest BCUT2D eigenvalue weighted by molar-refractivity contribution is 6.20. The van der Waals surface area contributed by atoms with Crippen molar-refractivity contribution in [1.29, 1.82) is 5.26 Å². The SMILES string of the molecule is COc1cc(C(=O)O)ccc1C=C(C(C)=O)C(=O)OCCC#N. The maximum Gasteiger partial charge on any atom is 0.341 e. The normalized spacial score (nSPS) is 10.6. The molecule has 0 saturated heterocycles. The van der Waals surface area contributed by atoms with E-state index < -0.39 is 17.7 Å². The van der Waals surface area contributed by atoms with E-state index in [4.69, 9.17) is 19.8 Å². The summed E-state index contributed by atoms with van der Waals surface area (Å²) in [5.41, 5.74) is 0.157. The van der Waals surface area contributed by atoms with E-state index in [0.29, 0.717) is 5.56 Å². The van der Waals surface area contributed by atoms with Crippen LogP contribution in [0.1, 0.15) is 29.3 Å². The molecule has 0 bridgehead atoms. The topological polar surface area (TPSA) is 114 Å². The first-order valence-electron chi connectivity index (χ1n) is 6.58. The summed E-state index contributed by atoms with van der Waals surface area (Å²) in [6, 6.07) is 5.86. The Kier molecular flexibility index (Phi) is 6.49. The number of Topliss-reactive ketones (excluding diaryl/α,β-unsaturated/α-hetero) is 1. The first-order valence-corrected chi connectivity index (χ1v) is 6.58. The molecule has 0 aromatic heterocycles. The molecule has 0 heterocycles. The van der Waals surface area contributed by atoms with E-state index in [2.05, 4.69) is 0 Å². The summed E-state index contributed by atoms with van der Waals surface area (Å²) in [5, 5.41) is 17.4. The molecule has 23 heavy (non-hydrogen) atoms. The van der Waals surface area contributed by atoms with Crippen molar-refractivity contribution in [2.24, 2.45) is 0 Å². The molecule has 0 aliphatic heterocycles. The van der Waals surface area contributed by atoms with Gasteiger partial charge in [0.15, 0.2) is 5.78 Å². The second kappa shape index (κ2) is 8.34. The van der Waals surface area contributed by atoms with Crippen LogP contribution in [0, 0.1) is 11.3 Å². The van der Waals surface area contributed by atoms with Crippen LogP contribution in [0.25, 0.3) is 6.08 Å². The van der Waals surface area contributed by atoms with Gasteiger partial charge in [0.05, 0.1) is 25.2 Å². The molecule has 0 amide bonds. The fraction of sp³-hybridized carbons (Fsp3) is 0.250. The van der Waals surface area contributed by atoms with Gasteiger partial charge >= 0.3 is 11.9 Å². The standard InChI is InChI=1S/C16H15NO6/c1-10(18)13(16(21)23-7-3-6-17)8-11-4-5-12(15(19)20)9-14(11)22-2/h4-5,8-9H,3,7H2,1-2H3,(H,19,20). The zero-order valence-electron chi connectivity index (χ0n) is 12.7. The van der Waals surface area contributed by atoms with E-state index in [-0.39, 0.29) is 29.9 Å². The lowest BCUT2D eigenvalue weighted by Gasteiger charge is -2.08. The van der Waals surface area contributed by atoms with E-state index in [9.17, 15) is 14.4 Å². The summed E-state index contributed by atoms with van der Waals surface area (Å²) in [7, 11) is 1.34. The second-order valence-corrected chi connectivity index (χ2v) is 4.42. The van der Waals surface area contributed by atoms with E-state index in [1.807, 2.05) is 6.07 Å². The molecule has 1 rings (SSSR count). The number of carbonyl (C=O) groups is 3. The Hall–Kier alpha value is -3.14. The lowest BCUT2D eigenvalue weighted by atomic mass is 10.0. The fourth-order valence-corrected chi connectivity index (χ4v) is 1.69. The Bertz CT molecular complexity index is 699. The Morgan fingerprint density at radius 2 is 2.04 bits per heavy atom. The first-order chi connectivity index (χ1) is 10.9. The van der Waals surface area contributed by atoms with Crippen LogP contribution in [0.15, 0.2) is 23.8 Å². The van der Waals surface area contributed by atoms with Crippen LogP contribution >= 0.6 is 0 Å². The number of carboxylic acid groups (broad SMARTS) is 1. The molecule has 0 unspecified atom stereocenters. The third-order valence-electron chi connectivity index (χ3n) is 2.83. The molecular weight excluding hydrogens is 302 g/mol. The summed E-state index contributed by atoms with van der Waals surface area (Å²) < 4.78 is 9.91. The molecule has 0 fully saturated rings. The van der Waals surface area contributed by atoms with E-state index in [1.54, 1.807) is 0 Å². The molecule has 0 atom stereocenters. The quantitative estimate of drug-likeness (QED) is 0.268. The molecule has 0 saturated carbocycles. The number of carbonyl (C=O) groups excluding carboxylic acids is 2. The molecule has 0 radical (unpaired) electrons. The van der Waals surface area contributed by atoms with Crippen molar-refractivity contribution >= 4 is 23.8 Å². The Morgan fingerprint density at radius 3 is 2.57 bits per heavy atom. The van der Waals surface area contributed by atoms with Crippen molar-refractivity contribution in [3.8, 4) is 11.8 Å². The lowest BCUT2D eigenvalue weighted by molar-refractivity contribution is -0.140. The maximum atomic E-state index is 11.9. The van der Waals surface area contributed by atoms with Gasteiger partial charge in [-0.25, -0.2) is 9.59 Å². The number of nitriles is 1. The minimum absolute atomic E-state index is 0.0139. The predicted octanol–water partition coefficient (Wildman–Crippen LogP) is 1.82. The largest absolute Gasteiger partial charge is 0.496 e. The number of benzene rings is 1. The molecule has 0 spiro atoms. The minimum atomic E-state index is -1.12. The Labute approximate surface area is 132 Å². The average molecular weight is 317 g/mol. The number of aromatic carboxylic acids is 1. The summed E-state index contributed by atoms with van der Waals surface area (Å²) in [6.07, 6.45) is 1.29. The van der Waals surface area contributed by atoms with Gasteiger partial charge in [0.25, 0.3) is 0 Å². The third kappa shape index (κ3) is 4.97. The average Bonchev–Trinajstić information content (AvgIpc) is 2.52. The van der Waals surface area contributed by atoms with Gasteiger partial charge in [-0.15, -0.1) is 0 Å². The van der Waals surface area contributed by atoms with Crippen molar-refractivity contribution < 1.29 is 29.0 Å². The molecular formula is C16H15NO6. The number of rotatable bonds is 7. The molecule has 120 valence electrons. The van der Waals surface area contributed by atoms with Crippen LogP contribution in [-0.2, 0) is 14.3 Å². The van der Waals surface area contributed by atoms with Gasteiger partial charge < -0.3 is 14.6 Å². The third-order valence-corrected chi connectivity index (χ3v) is 2.83. The van der Waals surface area contributed by atoms with Crippen LogP contribution in [0.3, 0.4) is 0 Å². The summed E-state index contributed by atoms with van der Waals surface area (Å²) in [6.45, 7) is 1.09. The minimum Gasteiger partial charge on any atom is -0.496 e. The van der Waals surface area contributed by atoms with Crippen LogP contribution in [0.2, 0.25) is 0 Å². The Morgan fingerprint density at radius 1 is 1.35 bits per heavy atom. The van der Waals surface area contributed by atoms with Crippen LogP contribution in [-0.4, -0.2) is 36.5 Å². The van der Waals surface area contributed by atoms with Gasteiger partial charge in [-0.1, -0.05) is 6.07 Å². The Balaban J connectivity index is 3.17. The van der Waals surface area contributed by atoms with Gasteiger partial charge in [0.1, 0.15) is 17.9 Å². The molecule has 7 nitrogen and oxygen atoms in total. The molecule has 0 aliphatic carbocycles. The monoisotopic (exact) mass is 317 g/mol. The molecule has 1 N–H and O–H groups in total. The smallest absolute Gasteiger partial charge is 0.341 e. The number of carboxylic acids is 1. The van der Waals surface area contributed by atoms with Crippen molar-refractivity contribution in [1.82, 2.24) is 0 Å². The van der Waals surface area contributed by atoms with Crippen molar-refractivity contribution in [3.63, 3.8) is 0 Å². The van der Waals surface area contributed by atoms with Gasteiger partial charge in [0, 0.05) is 5.56 Å². The molecule has 7 heteroatoms. The molecule has 1 aromatic carbocycles. The van der Waals surface area contributed by atoms with Gasteiger partial charge in [-0.05, 0) is 25.1 Å². The number of methoxy groups -OCH3 is 1. The van der Waals surface area contributed by atoms with Gasteiger partial charge in [-0.3, -0.25) is 4.79 Å². The second-order valence-electron chi connectivity index (χ2n) is 4.42. The number of nitrogens with zero attached hydrogens (tertiary/aromatic N) is 1. The summed E-state index contributed by atoms with van der Waals surface area (Å²) in [5.74, 6) is -2.29. The lowest BCUT2D eigenvalue weighted by Crippen LogP contribution is -2.14. The zero-order valence-corrected chi connectivity index (χ0v) is 12.7. The first kappa shape index (κ1) is 17.9. The zero-order chi connectivity index (χ0) is 17.4. The van der Waals surface area contributed by atoms with Crippen molar-refractivity contribution in [3.05, 3.63) is 34.9 Å². The molecule has 1 aromatic rings. The highest BCUT2D eigenvalue weighted by Crippen LogP contribution is 2.23. The number of ketones is 1. The number of esters is 1. The van der Waals surface area contributed by atoms with Crippen molar-refractivity contribution in [2.75, 3.05) is 13.7 Å². The van der Waals surface area contributed by atoms with Gasteiger partial charge in [-0.2, -0.15) is 5.26 Å². The highest BCUT2D eigenvalue weighted by atomic mass is 16.5. The molecule has 0 aliphatic rings. The van der Waals surface area contributed by atoms with Gasteiger partial charge in [0.2, 0.25) is 0 Å².